The molecule has 0 fully saturated rings. The second-order valence-electron chi connectivity index (χ2n) is 4.91. The number of nitrogens with one attached hydrogen (secondary N) is 1. The highest BCUT2D eigenvalue weighted by molar-refractivity contribution is 7.10. The standard InChI is InChI=1S/C14H19N3OS2/c1-9-5-6-19-13(9)12(17(3)4)7-15-14(18)11-8-20-10(2)16-11/h5-6,8,12H,7H2,1-4H3,(H,15,18). The van der Waals surface area contributed by atoms with Gasteiger partial charge in [0.1, 0.15) is 5.69 Å². The van der Waals surface area contributed by atoms with Crippen LogP contribution in [0.5, 0.6) is 0 Å². The van der Waals surface area contributed by atoms with E-state index in [-0.39, 0.29) is 11.9 Å². The predicted molar refractivity (Wildman–Crippen MR) is 84.7 cm³/mol. The molecule has 0 bridgehead atoms. The Bertz CT molecular complexity index is 589. The number of nitrogens with zero attached hydrogens (tertiary/aromatic N) is 2. The smallest absolute Gasteiger partial charge is 0.270 e. The van der Waals surface area contributed by atoms with Gasteiger partial charge >= 0.3 is 0 Å². The molecular weight excluding hydrogens is 290 g/mol. The Morgan fingerprint density at radius 2 is 2.15 bits per heavy atom. The van der Waals surface area contributed by atoms with Crippen LogP contribution in [0.1, 0.15) is 32.0 Å². The van der Waals surface area contributed by atoms with Gasteiger partial charge in [-0.3, -0.25) is 4.79 Å². The Morgan fingerprint density at radius 1 is 1.40 bits per heavy atom. The van der Waals surface area contributed by atoms with Crippen LogP contribution in [0, 0.1) is 13.8 Å². The van der Waals surface area contributed by atoms with E-state index in [9.17, 15) is 4.79 Å². The molecule has 6 heteroatoms. The van der Waals surface area contributed by atoms with Crippen LogP contribution in [0.25, 0.3) is 0 Å². The first-order valence-electron chi connectivity index (χ1n) is 6.39. The molecule has 1 amide bonds. The lowest BCUT2D eigenvalue weighted by molar-refractivity contribution is 0.0937. The normalized spacial score (nSPS) is 12.7. The highest BCUT2D eigenvalue weighted by atomic mass is 32.1. The summed E-state index contributed by atoms with van der Waals surface area (Å²) in [7, 11) is 4.06. The number of hydrogen-bond donors (Lipinski definition) is 1. The van der Waals surface area contributed by atoms with Crippen molar-refractivity contribution in [3.63, 3.8) is 0 Å². The van der Waals surface area contributed by atoms with Gasteiger partial charge in [-0.05, 0) is 45.0 Å². The molecule has 20 heavy (non-hydrogen) atoms. The lowest BCUT2D eigenvalue weighted by Crippen LogP contribution is -2.34. The molecule has 1 unspecified atom stereocenters. The van der Waals surface area contributed by atoms with E-state index in [1.807, 2.05) is 21.0 Å². The van der Waals surface area contributed by atoms with Gasteiger partial charge in [-0.15, -0.1) is 22.7 Å². The van der Waals surface area contributed by atoms with Crippen molar-refractivity contribution in [1.29, 1.82) is 0 Å². The highest BCUT2D eigenvalue weighted by Gasteiger charge is 2.19. The number of thiazole rings is 1. The zero-order chi connectivity index (χ0) is 14.7. The van der Waals surface area contributed by atoms with E-state index in [1.54, 1.807) is 16.7 Å². The van der Waals surface area contributed by atoms with Crippen LogP contribution < -0.4 is 5.32 Å². The van der Waals surface area contributed by atoms with E-state index in [4.69, 9.17) is 0 Å². The van der Waals surface area contributed by atoms with Crippen LogP contribution in [0.2, 0.25) is 0 Å². The van der Waals surface area contributed by atoms with Gasteiger partial charge in [0.2, 0.25) is 0 Å². The molecule has 0 aromatic carbocycles. The molecule has 0 spiro atoms. The summed E-state index contributed by atoms with van der Waals surface area (Å²) in [6, 6.07) is 2.31. The topological polar surface area (TPSA) is 45.2 Å². The molecule has 1 N–H and O–H groups in total. The summed E-state index contributed by atoms with van der Waals surface area (Å²) in [5.74, 6) is -0.101. The fourth-order valence-electron chi connectivity index (χ4n) is 1.98. The molecule has 1 atom stereocenters. The van der Waals surface area contributed by atoms with E-state index >= 15 is 0 Å². The Labute approximate surface area is 127 Å². The van der Waals surface area contributed by atoms with Gasteiger partial charge in [0, 0.05) is 16.8 Å². The van der Waals surface area contributed by atoms with Crippen LogP contribution in [-0.2, 0) is 0 Å². The SMILES string of the molecule is Cc1nc(C(=O)NCC(c2sccc2C)N(C)C)cs1. The molecule has 2 aromatic rings. The average Bonchev–Trinajstić information content (AvgIpc) is 2.99. The first-order valence-corrected chi connectivity index (χ1v) is 8.15. The maximum Gasteiger partial charge on any atom is 0.270 e. The van der Waals surface area contributed by atoms with E-state index in [2.05, 4.69) is 33.6 Å². The summed E-state index contributed by atoms with van der Waals surface area (Å²) in [5, 5.41) is 7.78. The van der Waals surface area contributed by atoms with Crippen LogP contribution in [0.15, 0.2) is 16.8 Å². The van der Waals surface area contributed by atoms with Crippen molar-refractivity contribution in [1.82, 2.24) is 15.2 Å². The van der Waals surface area contributed by atoms with Gasteiger partial charge < -0.3 is 10.2 Å². The predicted octanol–water partition coefficient (Wildman–Crippen LogP) is 2.85. The van der Waals surface area contributed by atoms with E-state index in [0.717, 1.165) is 5.01 Å². The van der Waals surface area contributed by atoms with Crippen LogP contribution in [0.4, 0.5) is 0 Å². The summed E-state index contributed by atoms with van der Waals surface area (Å²) in [6.07, 6.45) is 0. The van der Waals surface area contributed by atoms with Crippen LogP contribution in [0.3, 0.4) is 0 Å². The van der Waals surface area contributed by atoms with E-state index in [0.29, 0.717) is 12.2 Å². The van der Waals surface area contributed by atoms with Gasteiger partial charge in [0.15, 0.2) is 0 Å². The average molecular weight is 309 g/mol. The van der Waals surface area contributed by atoms with Crippen molar-refractivity contribution in [2.45, 2.75) is 19.9 Å². The lowest BCUT2D eigenvalue weighted by Gasteiger charge is -2.24. The fourth-order valence-corrected chi connectivity index (χ4v) is 3.70. The maximum atomic E-state index is 12.1. The third-order valence-electron chi connectivity index (χ3n) is 3.14. The van der Waals surface area contributed by atoms with E-state index < -0.39 is 0 Å². The molecule has 0 aliphatic rings. The van der Waals surface area contributed by atoms with Gasteiger partial charge in [0.25, 0.3) is 5.91 Å². The number of aryl methyl sites for hydroxylation is 2. The fraction of sp³-hybridized carbons (Fsp3) is 0.429. The van der Waals surface area contributed by atoms with E-state index in [1.165, 1.54) is 21.8 Å². The first-order chi connectivity index (χ1) is 9.49. The number of aromatic nitrogens is 1. The largest absolute Gasteiger partial charge is 0.349 e. The molecule has 4 nitrogen and oxygen atoms in total. The Morgan fingerprint density at radius 3 is 2.65 bits per heavy atom. The third kappa shape index (κ3) is 3.45. The number of rotatable bonds is 5. The van der Waals surface area contributed by atoms with Crippen molar-refractivity contribution in [3.05, 3.63) is 38.0 Å². The van der Waals surface area contributed by atoms with Crippen molar-refractivity contribution < 1.29 is 4.79 Å². The van der Waals surface area contributed by atoms with Gasteiger partial charge in [-0.25, -0.2) is 4.98 Å². The first kappa shape index (κ1) is 15.2. The number of carbonyl (C=O) groups is 1. The quantitative estimate of drug-likeness (QED) is 0.924. The molecule has 2 aromatic heterocycles. The molecule has 0 aliphatic carbocycles. The second-order valence-corrected chi connectivity index (χ2v) is 6.92. The minimum atomic E-state index is -0.101. The number of likely N-dealkylation sites (N-methyl/N-ethyl adjacent to an activating group) is 1. The van der Waals surface area contributed by atoms with Crippen LogP contribution >= 0.6 is 22.7 Å². The number of carbonyl (C=O) groups excluding carboxylic acids is 1. The Kier molecular flexibility index (Phi) is 4.91. The summed E-state index contributed by atoms with van der Waals surface area (Å²) in [5.41, 5.74) is 1.78. The van der Waals surface area contributed by atoms with Crippen molar-refractivity contribution >= 4 is 28.6 Å². The molecule has 108 valence electrons. The molecule has 0 saturated heterocycles. The van der Waals surface area contributed by atoms with Crippen molar-refractivity contribution in [2.75, 3.05) is 20.6 Å². The van der Waals surface area contributed by atoms with Gasteiger partial charge in [-0.1, -0.05) is 0 Å². The maximum absolute atomic E-state index is 12.1. The highest BCUT2D eigenvalue weighted by Crippen LogP contribution is 2.26. The second kappa shape index (κ2) is 6.47. The summed E-state index contributed by atoms with van der Waals surface area (Å²) in [4.78, 5) is 19.7. The Balaban J connectivity index is 2.03. The van der Waals surface area contributed by atoms with Crippen molar-refractivity contribution in [3.8, 4) is 0 Å². The molecule has 2 rings (SSSR count). The number of hydrogen-bond acceptors (Lipinski definition) is 5. The lowest BCUT2D eigenvalue weighted by atomic mass is 10.1. The number of amides is 1. The van der Waals surface area contributed by atoms with Gasteiger partial charge in [-0.2, -0.15) is 0 Å². The summed E-state index contributed by atoms with van der Waals surface area (Å²) < 4.78 is 0. The minimum Gasteiger partial charge on any atom is -0.349 e. The molecular formula is C14H19N3OS2. The van der Waals surface area contributed by atoms with Gasteiger partial charge in [0.05, 0.1) is 11.0 Å². The summed E-state index contributed by atoms with van der Waals surface area (Å²) >= 11 is 3.22. The summed E-state index contributed by atoms with van der Waals surface area (Å²) in [6.45, 7) is 4.59. The molecule has 0 saturated carbocycles. The zero-order valence-corrected chi connectivity index (χ0v) is 13.8. The van der Waals surface area contributed by atoms with Crippen molar-refractivity contribution in [2.24, 2.45) is 0 Å². The number of thiophene rings is 1. The minimum absolute atomic E-state index is 0.101. The molecule has 0 radical (unpaired) electrons. The monoisotopic (exact) mass is 309 g/mol. The Hall–Kier alpha value is -1.24. The molecule has 2 heterocycles. The third-order valence-corrected chi connectivity index (χ3v) is 5.03. The van der Waals surface area contributed by atoms with Crippen LogP contribution in [-0.4, -0.2) is 36.4 Å². The zero-order valence-electron chi connectivity index (χ0n) is 12.1. The molecule has 0 aliphatic heterocycles.